The van der Waals surface area contributed by atoms with Gasteiger partial charge in [0.25, 0.3) is 0 Å². The fourth-order valence-corrected chi connectivity index (χ4v) is 1.60. The summed E-state index contributed by atoms with van der Waals surface area (Å²) in [5.41, 5.74) is 0.455. The topological polar surface area (TPSA) is 71.3 Å². The Hall–Kier alpha value is -1.48. The van der Waals surface area contributed by atoms with E-state index in [1.54, 1.807) is 13.0 Å². The number of hydrogen-bond acceptors (Lipinski definition) is 3. The number of benzene rings is 1. The molecular weight excluding hydrogens is 238 g/mol. The van der Waals surface area contributed by atoms with Crippen LogP contribution in [0.4, 0.5) is 11.4 Å². The Balaban J connectivity index is 3.50. The highest BCUT2D eigenvalue weighted by molar-refractivity contribution is 9.10. The number of aryl methyl sites for hydroxylation is 1. The molecule has 0 aliphatic carbocycles. The lowest BCUT2D eigenvalue weighted by Crippen LogP contribution is -1.89. The Kier molecular flexibility index (Phi) is 2.58. The second-order valence-corrected chi connectivity index (χ2v) is 3.33. The second kappa shape index (κ2) is 3.49. The van der Waals surface area contributed by atoms with Crippen molar-refractivity contribution in [1.82, 2.24) is 0 Å². The number of nitro benzene ring substituents is 1. The molecule has 0 atom stereocenters. The molecule has 0 radical (unpaired) electrons. The Morgan fingerprint density at radius 3 is 2.69 bits per heavy atom. The van der Waals surface area contributed by atoms with Gasteiger partial charge in [0.05, 0.1) is 4.92 Å². The van der Waals surface area contributed by atoms with Crippen molar-refractivity contribution in [1.29, 1.82) is 5.39 Å². The van der Waals surface area contributed by atoms with E-state index in [4.69, 9.17) is 5.39 Å². The fourth-order valence-electron chi connectivity index (χ4n) is 0.954. The van der Waals surface area contributed by atoms with E-state index in [0.29, 0.717) is 4.47 Å². The minimum atomic E-state index is -0.590. The average Bonchev–Trinajstić information content (AvgIpc) is 2.02. The Labute approximate surface area is 82.3 Å². The van der Waals surface area contributed by atoms with Crippen molar-refractivity contribution in [3.63, 3.8) is 0 Å². The highest BCUT2D eigenvalue weighted by Gasteiger charge is 2.28. The standard InChI is InChI=1S/C7H5BrN3O2/c1-4-2-5(8)7(10-9)6(3-4)11(12)13/h2-3H,1H3/q+1. The van der Waals surface area contributed by atoms with Gasteiger partial charge in [-0.25, -0.2) is 0 Å². The Morgan fingerprint density at radius 1 is 1.62 bits per heavy atom. The predicted octanol–water partition coefficient (Wildman–Crippen LogP) is 3.15. The summed E-state index contributed by atoms with van der Waals surface area (Å²) in [5.74, 6) is 0. The van der Waals surface area contributed by atoms with E-state index in [1.165, 1.54) is 6.07 Å². The third-order valence-corrected chi connectivity index (χ3v) is 2.09. The molecule has 0 spiro atoms. The number of nitro groups is 1. The summed E-state index contributed by atoms with van der Waals surface area (Å²) in [6, 6.07) is 2.99. The summed E-state index contributed by atoms with van der Waals surface area (Å²) >= 11 is 3.07. The van der Waals surface area contributed by atoms with Crippen molar-refractivity contribution < 1.29 is 4.92 Å². The summed E-state index contributed by atoms with van der Waals surface area (Å²) in [6.45, 7) is 1.72. The smallest absolute Gasteiger partial charge is 0.258 e. The molecule has 0 N–H and O–H groups in total. The van der Waals surface area contributed by atoms with E-state index >= 15 is 0 Å². The van der Waals surface area contributed by atoms with Crippen LogP contribution < -0.4 is 0 Å². The van der Waals surface area contributed by atoms with Gasteiger partial charge in [-0.05, 0) is 34.5 Å². The minimum Gasteiger partial charge on any atom is -0.258 e. The number of diazo groups is 1. The SMILES string of the molecule is Cc1cc(Br)c([N+]#N)c([N+](=O)[O-])c1. The summed E-state index contributed by atoms with van der Waals surface area (Å²) < 4.78 is 0.404. The zero-order valence-corrected chi connectivity index (χ0v) is 8.28. The van der Waals surface area contributed by atoms with Crippen LogP contribution >= 0.6 is 15.9 Å². The van der Waals surface area contributed by atoms with Crippen LogP contribution in [-0.4, -0.2) is 4.92 Å². The summed E-state index contributed by atoms with van der Waals surface area (Å²) in [4.78, 5) is 12.8. The Bertz CT molecular complexity index is 411. The molecular formula is C7H5BrN3O2+. The first-order chi connectivity index (χ1) is 6.06. The molecule has 1 rings (SSSR count). The molecule has 0 fully saturated rings. The van der Waals surface area contributed by atoms with Crippen LogP contribution in [-0.2, 0) is 0 Å². The lowest BCUT2D eigenvalue weighted by atomic mass is 10.2. The number of rotatable bonds is 1. The number of halogens is 1. The number of hydrogen-bond donors (Lipinski definition) is 0. The van der Waals surface area contributed by atoms with Crippen LogP contribution in [0.15, 0.2) is 16.6 Å². The van der Waals surface area contributed by atoms with Gasteiger partial charge in [0, 0.05) is 6.07 Å². The van der Waals surface area contributed by atoms with E-state index in [2.05, 4.69) is 20.9 Å². The first-order valence-electron chi connectivity index (χ1n) is 3.36. The number of nitrogens with zero attached hydrogens (tertiary/aromatic N) is 3. The molecule has 1 aromatic rings. The van der Waals surface area contributed by atoms with E-state index < -0.39 is 4.92 Å². The molecule has 5 nitrogen and oxygen atoms in total. The predicted molar refractivity (Wildman–Crippen MR) is 50.3 cm³/mol. The molecule has 6 heteroatoms. The Morgan fingerprint density at radius 2 is 2.23 bits per heavy atom. The zero-order chi connectivity index (χ0) is 10.0. The van der Waals surface area contributed by atoms with E-state index in [9.17, 15) is 10.1 Å². The molecule has 1 aromatic carbocycles. The van der Waals surface area contributed by atoms with Crippen molar-refractivity contribution in [3.8, 4) is 0 Å². The largest absolute Gasteiger partial charge is 0.475 e. The highest BCUT2D eigenvalue weighted by Crippen LogP contribution is 2.36. The molecule has 0 aliphatic heterocycles. The van der Waals surface area contributed by atoms with Crippen LogP contribution in [0, 0.1) is 22.4 Å². The van der Waals surface area contributed by atoms with Gasteiger partial charge in [0.2, 0.25) is 5.39 Å². The van der Waals surface area contributed by atoms with Gasteiger partial charge in [-0.15, -0.1) is 0 Å². The van der Waals surface area contributed by atoms with Gasteiger partial charge < -0.3 is 0 Å². The van der Waals surface area contributed by atoms with Crippen LogP contribution in [0.5, 0.6) is 0 Å². The van der Waals surface area contributed by atoms with Crippen molar-refractivity contribution in [2.45, 2.75) is 6.92 Å². The molecule has 66 valence electrons. The maximum atomic E-state index is 10.5. The first-order valence-corrected chi connectivity index (χ1v) is 4.15. The van der Waals surface area contributed by atoms with Gasteiger partial charge in [0.15, 0.2) is 4.98 Å². The van der Waals surface area contributed by atoms with Crippen LogP contribution in [0.25, 0.3) is 4.98 Å². The third kappa shape index (κ3) is 1.81. The maximum absolute atomic E-state index is 10.5. The fraction of sp³-hybridized carbons (Fsp3) is 0.143. The van der Waals surface area contributed by atoms with Crippen molar-refractivity contribution in [3.05, 3.63) is 37.3 Å². The summed E-state index contributed by atoms with van der Waals surface area (Å²) in [7, 11) is 0. The molecule has 0 heterocycles. The van der Waals surface area contributed by atoms with Crippen LogP contribution in [0.1, 0.15) is 5.56 Å². The van der Waals surface area contributed by atoms with Crippen molar-refractivity contribution in [2.75, 3.05) is 0 Å². The average molecular weight is 243 g/mol. The van der Waals surface area contributed by atoms with Crippen LogP contribution in [0.2, 0.25) is 0 Å². The van der Waals surface area contributed by atoms with Crippen molar-refractivity contribution in [2.24, 2.45) is 0 Å². The highest BCUT2D eigenvalue weighted by atomic mass is 79.9. The quantitative estimate of drug-likeness (QED) is 0.432. The zero-order valence-electron chi connectivity index (χ0n) is 6.69. The molecule has 0 saturated heterocycles. The maximum Gasteiger partial charge on any atom is 0.475 e. The molecule has 0 amide bonds. The molecule has 0 aromatic heterocycles. The van der Waals surface area contributed by atoms with E-state index in [-0.39, 0.29) is 11.4 Å². The molecule has 13 heavy (non-hydrogen) atoms. The third-order valence-electron chi connectivity index (χ3n) is 1.48. The lowest BCUT2D eigenvalue weighted by Gasteiger charge is -1.92. The molecule has 0 saturated carbocycles. The normalized spacial score (nSPS) is 9.31. The van der Waals surface area contributed by atoms with Gasteiger partial charge >= 0.3 is 11.4 Å². The first kappa shape index (κ1) is 9.61. The van der Waals surface area contributed by atoms with Gasteiger partial charge in [-0.3, -0.25) is 10.1 Å². The van der Waals surface area contributed by atoms with Gasteiger partial charge in [-0.2, -0.15) is 0 Å². The minimum absolute atomic E-state index is 0.0596. The second-order valence-electron chi connectivity index (χ2n) is 2.47. The monoisotopic (exact) mass is 242 g/mol. The van der Waals surface area contributed by atoms with E-state index in [0.717, 1.165) is 5.56 Å². The molecule has 0 aliphatic rings. The lowest BCUT2D eigenvalue weighted by molar-refractivity contribution is -0.383. The van der Waals surface area contributed by atoms with Gasteiger partial charge in [-0.1, -0.05) is 0 Å². The van der Waals surface area contributed by atoms with Gasteiger partial charge in [0.1, 0.15) is 4.47 Å². The summed E-state index contributed by atoms with van der Waals surface area (Å²) in [6.07, 6.45) is 0. The van der Waals surface area contributed by atoms with Crippen molar-refractivity contribution >= 4 is 27.3 Å². The van der Waals surface area contributed by atoms with Crippen LogP contribution in [0.3, 0.4) is 0 Å². The molecule has 0 bridgehead atoms. The van der Waals surface area contributed by atoms with E-state index in [1.807, 2.05) is 0 Å². The summed E-state index contributed by atoms with van der Waals surface area (Å²) in [5, 5.41) is 19.0. The molecule has 0 unspecified atom stereocenters.